The van der Waals surface area contributed by atoms with Crippen LogP contribution in [0, 0.1) is 6.92 Å². The number of anilines is 2. The molecule has 1 aromatic heterocycles. The molecule has 1 fully saturated rings. The van der Waals surface area contributed by atoms with Gasteiger partial charge in [0.15, 0.2) is 0 Å². The van der Waals surface area contributed by atoms with Crippen LogP contribution in [0.25, 0.3) is 11.1 Å². The summed E-state index contributed by atoms with van der Waals surface area (Å²) >= 11 is 0. The number of nitrogens with zero attached hydrogens (tertiary/aromatic N) is 2. The summed E-state index contributed by atoms with van der Waals surface area (Å²) in [6.45, 7) is 1.65. The van der Waals surface area contributed by atoms with Crippen LogP contribution in [0.5, 0.6) is 0 Å². The van der Waals surface area contributed by atoms with Crippen LogP contribution in [0.2, 0.25) is 0 Å². The molecule has 0 aliphatic carbocycles. The minimum absolute atomic E-state index is 0.0157. The number of hydrogen-bond donors (Lipinski definition) is 3. The van der Waals surface area contributed by atoms with Gasteiger partial charge < -0.3 is 20.6 Å². The predicted molar refractivity (Wildman–Crippen MR) is 130 cm³/mol. The van der Waals surface area contributed by atoms with E-state index in [1.165, 1.54) is 36.2 Å². The average molecular weight is 512 g/mol. The van der Waals surface area contributed by atoms with E-state index in [0.29, 0.717) is 30.6 Å². The van der Waals surface area contributed by atoms with Crippen molar-refractivity contribution in [2.45, 2.75) is 32.0 Å². The summed E-state index contributed by atoms with van der Waals surface area (Å²) in [5, 5.41) is 14.3. The van der Waals surface area contributed by atoms with Crippen molar-refractivity contribution in [2.75, 3.05) is 17.2 Å². The van der Waals surface area contributed by atoms with Crippen molar-refractivity contribution in [3.8, 4) is 11.1 Å². The van der Waals surface area contributed by atoms with Gasteiger partial charge in [-0.1, -0.05) is 18.2 Å². The number of halogens is 3. The second kappa shape index (κ2) is 10.3. The molecule has 37 heavy (non-hydrogen) atoms. The molecule has 192 valence electrons. The van der Waals surface area contributed by atoms with Crippen molar-refractivity contribution >= 4 is 29.3 Å². The number of carbonyl (C=O) groups excluding carboxylic acids is 2. The smallest absolute Gasteiger partial charge is 0.416 e. The highest BCUT2D eigenvalue weighted by atomic mass is 19.4. The number of rotatable bonds is 5. The predicted octanol–water partition coefficient (Wildman–Crippen LogP) is 5.41. The Bertz CT molecular complexity index is 1330. The van der Waals surface area contributed by atoms with Gasteiger partial charge in [0.05, 0.1) is 5.56 Å². The molecule has 3 amide bonds. The highest BCUT2D eigenvalue weighted by Gasteiger charge is 2.35. The summed E-state index contributed by atoms with van der Waals surface area (Å²) < 4.78 is 39.0. The van der Waals surface area contributed by atoms with Crippen molar-refractivity contribution in [2.24, 2.45) is 0 Å². The zero-order valence-electron chi connectivity index (χ0n) is 19.7. The Hall–Kier alpha value is -4.41. The van der Waals surface area contributed by atoms with Gasteiger partial charge in [0, 0.05) is 29.7 Å². The van der Waals surface area contributed by atoms with Crippen molar-refractivity contribution in [1.82, 2.24) is 9.88 Å². The van der Waals surface area contributed by atoms with Crippen molar-refractivity contribution in [3.05, 3.63) is 77.6 Å². The number of carboxylic acid groups (broad SMARTS) is 1. The fraction of sp³-hybridized carbons (Fsp3) is 0.231. The van der Waals surface area contributed by atoms with Crippen LogP contribution >= 0.6 is 0 Å². The van der Waals surface area contributed by atoms with Gasteiger partial charge in [-0.25, -0.2) is 14.6 Å². The van der Waals surface area contributed by atoms with Crippen molar-refractivity contribution in [3.63, 3.8) is 0 Å². The maximum atomic E-state index is 13.0. The van der Waals surface area contributed by atoms with Crippen molar-refractivity contribution < 1.29 is 32.7 Å². The lowest BCUT2D eigenvalue weighted by Gasteiger charge is -2.24. The van der Waals surface area contributed by atoms with Gasteiger partial charge in [-0.05, 0) is 67.3 Å². The van der Waals surface area contributed by atoms with Crippen LogP contribution in [0.15, 0.2) is 60.8 Å². The monoisotopic (exact) mass is 512 g/mol. The third-order valence-electron chi connectivity index (χ3n) is 6.07. The summed E-state index contributed by atoms with van der Waals surface area (Å²) in [4.78, 5) is 41.9. The van der Waals surface area contributed by atoms with Crippen LogP contribution in [-0.4, -0.2) is 45.5 Å². The van der Waals surface area contributed by atoms with Crippen molar-refractivity contribution in [1.29, 1.82) is 0 Å². The lowest BCUT2D eigenvalue weighted by molar-refractivity contribution is -0.138. The van der Waals surface area contributed by atoms with E-state index in [-0.39, 0.29) is 22.9 Å². The second-order valence-corrected chi connectivity index (χ2v) is 8.61. The third kappa shape index (κ3) is 5.88. The molecule has 0 bridgehead atoms. The summed E-state index contributed by atoms with van der Waals surface area (Å²) in [5.41, 5.74) is 1.35. The van der Waals surface area contributed by atoms with Crippen LogP contribution in [0.3, 0.4) is 0 Å². The molecule has 8 nitrogen and oxygen atoms in total. The summed E-state index contributed by atoms with van der Waals surface area (Å²) in [5.74, 6) is -1.50. The number of carboxylic acids is 1. The van der Waals surface area contributed by atoms with Crippen LogP contribution in [-0.2, 0) is 11.0 Å². The Morgan fingerprint density at radius 2 is 1.65 bits per heavy atom. The van der Waals surface area contributed by atoms with E-state index in [9.17, 15) is 27.6 Å². The third-order valence-corrected chi connectivity index (χ3v) is 6.07. The Morgan fingerprint density at radius 3 is 2.24 bits per heavy atom. The Morgan fingerprint density at radius 1 is 0.973 bits per heavy atom. The lowest BCUT2D eigenvalue weighted by atomic mass is 10.1. The molecule has 2 heterocycles. The fourth-order valence-corrected chi connectivity index (χ4v) is 4.20. The second-order valence-electron chi connectivity index (χ2n) is 8.61. The number of hydrogen-bond acceptors (Lipinski definition) is 4. The van der Waals surface area contributed by atoms with E-state index >= 15 is 0 Å². The van der Waals surface area contributed by atoms with Crippen LogP contribution < -0.4 is 10.6 Å². The molecule has 0 unspecified atom stereocenters. The molecular weight excluding hydrogens is 489 g/mol. The minimum Gasteiger partial charge on any atom is -0.477 e. The van der Waals surface area contributed by atoms with Gasteiger partial charge in [0.25, 0.3) is 0 Å². The normalized spacial score (nSPS) is 15.4. The lowest BCUT2D eigenvalue weighted by Crippen LogP contribution is -2.45. The number of aromatic carboxylic acids is 1. The number of likely N-dealkylation sites (tertiary alicyclic amines) is 1. The number of carbonyl (C=O) groups is 3. The maximum absolute atomic E-state index is 13.0. The highest BCUT2D eigenvalue weighted by molar-refractivity contribution is 5.99. The molecule has 1 saturated heterocycles. The van der Waals surface area contributed by atoms with Gasteiger partial charge in [-0.3, -0.25) is 4.79 Å². The topological polar surface area (TPSA) is 112 Å². The van der Waals surface area contributed by atoms with E-state index in [1.54, 1.807) is 30.3 Å². The number of aryl methyl sites for hydroxylation is 1. The molecule has 4 rings (SSSR count). The number of nitrogens with one attached hydrogen (secondary N) is 2. The first-order valence-corrected chi connectivity index (χ1v) is 11.4. The average Bonchev–Trinajstić information content (AvgIpc) is 3.34. The number of aromatic nitrogens is 1. The molecule has 0 saturated carbocycles. The van der Waals surface area contributed by atoms with Gasteiger partial charge in [-0.15, -0.1) is 0 Å². The molecule has 1 aliphatic heterocycles. The van der Waals surface area contributed by atoms with E-state index in [2.05, 4.69) is 15.6 Å². The van der Waals surface area contributed by atoms with E-state index in [1.807, 2.05) is 0 Å². The van der Waals surface area contributed by atoms with E-state index < -0.39 is 29.8 Å². The summed E-state index contributed by atoms with van der Waals surface area (Å²) in [6, 6.07) is 12.0. The van der Waals surface area contributed by atoms with Gasteiger partial charge in [-0.2, -0.15) is 13.2 Å². The molecule has 1 aliphatic rings. The van der Waals surface area contributed by atoms with Gasteiger partial charge in [0.1, 0.15) is 11.7 Å². The minimum atomic E-state index is -4.48. The zero-order valence-corrected chi connectivity index (χ0v) is 19.7. The molecule has 0 radical (unpaired) electrons. The molecule has 1 atom stereocenters. The largest absolute Gasteiger partial charge is 0.477 e. The number of amides is 3. The van der Waals surface area contributed by atoms with E-state index in [0.717, 1.165) is 11.6 Å². The summed E-state index contributed by atoms with van der Waals surface area (Å²) in [7, 11) is 0. The molecule has 0 spiro atoms. The molecule has 11 heteroatoms. The summed E-state index contributed by atoms with van der Waals surface area (Å²) in [6.07, 6.45) is -1.98. The van der Waals surface area contributed by atoms with Crippen LogP contribution in [0.1, 0.15) is 34.5 Å². The fourth-order valence-electron chi connectivity index (χ4n) is 4.20. The number of pyridine rings is 1. The molecule has 3 N–H and O–H groups in total. The number of alkyl halides is 3. The SMILES string of the molecule is Cc1cc(NC(=O)N2CCC[C@@H]2C(=O)Nc2ccc(-c3ccc(C(=O)O)nc3)cc2)ccc1C(F)(F)F. The zero-order chi connectivity index (χ0) is 26.7. The number of benzene rings is 2. The Kier molecular flexibility index (Phi) is 7.14. The molecule has 3 aromatic rings. The number of urea groups is 1. The highest BCUT2D eigenvalue weighted by Crippen LogP contribution is 2.33. The standard InChI is InChI=1S/C26H23F3N4O4/c1-15-13-19(9-10-20(15)26(27,28)29)32-25(37)33-12-2-3-22(33)23(34)31-18-7-4-16(5-8-18)17-6-11-21(24(35)36)30-14-17/h4-11,13-14,22H,2-3,12H2,1H3,(H,31,34)(H,32,37)(H,35,36)/t22-/m1/s1. The van der Waals surface area contributed by atoms with E-state index in [4.69, 9.17) is 5.11 Å². The molecular formula is C26H23F3N4O4. The Labute approximate surface area is 210 Å². The van der Waals surface area contributed by atoms with Gasteiger partial charge in [0.2, 0.25) is 5.91 Å². The van der Waals surface area contributed by atoms with Crippen LogP contribution in [0.4, 0.5) is 29.3 Å². The first kappa shape index (κ1) is 25.7. The Balaban J connectivity index is 1.39. The first-order valence-electron chi connectivity index (χ1n) is 11.4. The quantitative estimate of drug-likeness (QED) is 0.423. The molecule has 2 aromatic carbocycles. The first-order chi connectivity index (χ1) is 17.5. The van der Waals surface area contributed by atoms with Gasteiger partial charge >= 0.3 is 18.2 Å². The maximum Gasteiger partial charge on any atom is 0.416 e.